The van der Waals surface area contributed by atoms with Crippen LogP contribution in [-0.2, 0) is 11.2 Å². The Kier molecular flexibility index (Phi) is 5.39. The molecule has 2 aromatic carbocycles. The van der Waals surface area contributed by atoms with Gasteiger partial charge in [0, 0.05) is 4.47 Å². The van der Waals surface area contributed by atoms with Gasteiger partial charge in [-0.15, -0.1) is 0 Å². The maximum absolute atomic E-state index is 12.1. The third kappa shape index (κ3) is 4.90. The second-order valence-electron chi connectivity index (χ2n) is 5.02. The molecule has 1 N–H and O–H groups in total. The highest BCUT2D eigenvalue weighted by molar-refractivity contribution is 9.10. The largest absolute Gasteiger partial charge is 0.489 e. The van der Waals surface area contributed by atoms with Crippen molar-refractivity contribution in [3.8, 4) is 5.75 Å². The van der Waals surface area contributed by atoms with Gasteiger partial charge in [-0.05, 0) is 43.7 Å². The summed E-state index contributed by atoms with van der Waals surface area (Å²) in [5, 5.41) is 2.90. The molecule has 0 radical (unpaired) electrons. The number of amides is 1. The standard InChI is InChI=1S/C17H18BrNO2/c1-12(2)21-16-9-4-3-8-15(16)19-17(20)11-13-6-5-7-14(18)10-13/h3-10,12H,11H2,1-2H3,(H,19,20). The van der Waals surface area contributed by atoms with Gasteiger partial charge in [0.25, 0.3) is 0 Å². The molecule has 0 unspecified atom stereocenters. The van der Waals surface area contributed by atoms with E-state index in [1.807, 2.05) is 62.4 Å². The number of nitrogens with one attached hydrogen (secondary N) is 1. The Hall–Kier alpha value is -1.81. The predicted octanol–water partition coefficient (Wildman–Crippen LogP) is 4.42. The van der Waals surface area contributed by atoms with Crippen LogP contribution >= 0.6 is 15.9 Å². The summed E-state index contributed by atoms with van der Waals surface area (Å²) in [5.41, 5.74) is 1.66. The van der Waals surface area contributed by atoms with Crippen LogP contribution in [0.3, 0.4) is 0 Å². The van der Waals surface area contributed by atoms with Crippen LogP contribution in [0.25, 0.3) is 0 Å². The number of hydrogen-bond donors (Lipinski definition) is 1. The average molecular weight is 348 g/mol. The van der Waals surface area contributed by atoms with Crippen molar-refractivity contribution in [1.29, 1.82) is 0 Å². The molecule has 21 heavy (non-hydrogen) atoms. The van der Waals surface area contributed by atoms with Crippen LogP contribution in [0.15, 0.2) is 53.0 Å². The van der Waals surface area contributed by atoms with Crippen LogP contribution in [-0.4, -0.2) is 12.0 Å². The van der Waals surface area contributed by atoms with Crippen molar-refractivity contribution < 1.29 is 9.53 Å². The number of ether oxygens (including phenoxy) is 1. The Morgan fingerprint density at radius 1 is 1.19 bits per heavy atom. The fourth-order valence-electron chi connectivity index (χ4n) is 1.95. The summed E-state index contributed by atoms with van der Waals surface area (Å²) in [7, 11) is 0. The minimum atomic E-state index is -0.0621. The SMILES string of the molecule is CC(C)Oc1ccccc1NC(=O)Cc1cccc(Br)c1. The summed E-state index contributed by atoms with van der Waals surface area (Å²) >= 11 is 3.41. The Labute approximate surface area is 133 Å². The van der Waals surface area contributed by atoms with Crippen molar-refractivity contribution in [1.82, 2.24) is 0 Å². The van der Waals surface area contributed by atoms with Crippen molar-refractivity contribution >= 4 is 27.5 Å². The lowest BCUT2D eigenvalue weighted by Crippen LogP contribution is -2.16. The third-order valence-corrected chi connectivity index (χ3v) is 3.27. The molecule has 2 aromatic rings. The Bertz CT molecular complexity index is 626. The van der Waals surface area contributed by atoms with Gasteiger partial charge in [-0.1, -0.05) is 40.2 Å². The van der Waals surface area contributed by atoms with E-state index in [0.717, 1.165) is 10.0 Å². The summed E-state index contributed by atoms with van der Waals surface area (Å²) in [6.07, 6.45) is 0.392. The molecule has 0 saturated carbocycles. The van der Waals surface area contributed by atoms with Crippen molar-refractivity contribution in [3.63, 3.8) is 0 Å². The van der Waals surface area contributed by atoms with Crippen LogP contribution in [0.2, 0.25) is 0 Å². The van der Waals surface area contributed by atoms with Gasteiger partial charge < -0.3 is 10.1 Å². The number of para-hydroxylation sites is 2. The first kappa shape index (κ1) is 15.6. The van der Waals surface area contributed by atoms with Crippen molar-refractivity contribution in [2.45, 2.75) is 26.4 Å². The molecule has 2 rings (SSSR count). The van der Waals surface area contributed by atoms with Gasteiger partial charge in [0.1, 0.15) is 5.75 Å². The highest BCUT2D eigenvalue weighted by atomic mass is 79.9. The summed E-state index contributed by atoms with van der Waals surface area (Å²) in [6.45, 7) is 3.92. The number of carbonyl (C=O) groups is 1. The van der Waals surface area contributed by atoms with E-state index in [2.05, 4.69) is 21.2 Å². The molecule has 1 amide bonds. The fourth-order valence-corrected chi connectivity index (χ4v) is 2.40. The van der Waals surface area contributed by atoms with Crippen LogP contribution in [0.4, 0.5) is 5.69 Å². The summed E-state index contributed by atoms with van der Waals surface area (Å²) in [5.74, 6) is 0.628. The second-order valence-corrected chi connectivity index (χ2v) is 5.93. The molecular formula is C17H18BrNO2. The molecule has 3 nitrogen and oxygen atoms in total. The van der Waals surface area contributed by atoms with Crippen LogP contribution in [0, 0.1) is 0 Å². The molecule has 0 fully saturated rings. The monoisotopic (exact) mass is 347 g/mol. The fraction of sp³-hybridized carbons (Fsp3) is 0.235. The van der Waals surface area contributed by atoms with E-state index in [9.17, 15) is 4.79 Å². The molecule has 0 aliphatic rings. The smallest absolute Gasteiger partial charge is 0.228 e. The van der Waals surface area contributed by atoms with Gasteiger partial charge in [-0.25, -0.2) is 0 Å². The lowest BCUT2D eigenvalue weighted by molar-refractivity contribution is -0.115. The number of anilines is 1. The maximum Gasteiger partial charge on any atom is 0.228 e. The highest BCUT2D eigenvalue weighted by Gasteiger charge is 2.09. The highest BCUT2D eigenvalue weighted by Crippen LogP contribution is 2.25. The number of hydrogen-bond acceptors (Lipinski definition) is 2. The molecule has 0 bridgehead atoms. The number of halogens is 1. The minimum Gasteiger partial charge on any atom is -0.489 e. The molecule has 0 spiro atoms. The Morgan fingerprint density at radius 2 is 1.95 bits per heavy atom. The van der Waals surface area contributed by atoms with Gasteiger partial charge in [-0.2, -0.15) is 0 Å². The maximum atomic E-state index is 12.1. The number of rotatable bonds is 5. The summed E-state index contributed by atoms with van der Waals surface area (Å²) in [4.78, 5) is 12.1. The molecule has 0 aliphatic carbocycles. The first-order valence-corrected chi connectivity index (χ1v) is 7.64. The molecule has 0 heterocycles. The molecule has 0 saturated heterocycles. The third-order valence-electron chi connectivity index (χ3n) is 2.78. The number of carbonyl (C=O) groups excluding carboxylic acids is 1. The average Bonchev–Trinajstić information content (AvgIpc) is 2.40. The lowest BCUT2D eigenvalue weighted by atomic mass is 10.1. The Morgan fingerprint density at radius 3 is 2.67 bits per heavy atom. The van der Waals surface area contributed by atoms with Gasteiger partial charge in [0.15, 0.2) is 0 Å². The van der Waals surface area contributed by atoms with E-state index < -0.39 is 0 Å². The van der Waals surface area contributed by atoms with E-state index >= 15 is 0 Å². The lowest BCUT2D eigenvalue weighted by Gasteiger charge is -2.14. The van der Waals surface area contributed by atoms with Gasteiger partial charge in [-0.3, -0.25) is 4.79 Å². The van der Waals surface area contributed by atoms with E-state index in [4.69, 9.17) is 4.74 Å². The zero-order chi connectivity index (χ0) is 15.2. The van der Waals surface area contributed by atoms with Crippen LogP contribution in [0.5, 0.6) is 5.75 Å². The summed E-state index contributed by atoms with van der Waals surface area (Å²) in [6, 6.07) is 15.2. The van der Waals surface area contributed by atoms with Crippen molar-refractivity contribution in [3.05, 3.63) is 58.6 Å². The van der Waals surface area contributed by atoms with Crippen LogP contribution in [0.1, 0.15) is 19.4 Å². The normalized spacial score (nSPS) is 10.5. The van der Waals surface area contributed by atoms with Gasteiger partial charge in [0.05, 0.1) is 18.2 Å². The zero-order valence-corrected chi connectivity index (χ0v) is 13.7. The van der Waals surface area contributed by atoms with E-state index in [0.29, 0.717) is 17.9 Å². The zero-order valence-electron chi connectivity index (χ0n) is 12.1. The van der Waals surface area contributed by atoms with E-state index in [1.54, 1.807) is 0 Å². The quantitative estimate of drug-likeness (QED) is 0.869. The molecule has 0 atom stereocenters. The molecule has 0 aliphatic heterocycles. The Balaban J connectivity index is 2.06. The predicted molar refractivity (Wildman–Crippen MR) is 88.7 cm³/mol. The molecule has 0 aromatic heterocycles. The van der Waals surface area contributed by atoms with Crippen molar-refractivity contribution in [2.24, 2.45) is 0 Å². The minimum absolute atomic E-state index is 0.0621. The second kappa shape index (κ2) is 7.27. The van der Waals surface area contributed by atoms with Crippen LogP contribution < -0.4 is 10.1 Å². The van der Waals surface area contributed by atoms with E-state index in [-0.39, 0.29) is 12.0 Å². The van der Waals surface area contributed by atoms with Gasteiger partial charge >= 0.3 is 0 Å². The first-order chi connectivity index (χ1) is 10.0. The molecule has 110 valence electrons. The molecule has 4 heteroatoms. The summed E-state index contributed by atoms with van der Waals surface area (Å²) < 4.78 is 6.66. The topological polar surface area (TPSA) is 38.3 Å². The first-order valence-electron chi connectivity index (χ1n) is 6.84. The van der Waals surface area contributed by atoms with E-state index in [1.165, 1.54) is 0 Å². The van der Waals surface area contributed by atoms with Crippen molar-refractivity contribution in [2.75, 3.05) is 5.32 Å². The number of benzene rings is 2. The molecular weight excluding hydrogens is 330 g/mol. The van der Waals surface area contributed by atoms with Gasteiger partial charge in [0.2, 0.25) is 5.91 Å².